The number of ether oxygens (including phenoxy) is 1. The third-order valence-electron chi connectivity index (χ3n) is 6.54. The summed E-state index contributed by atoms with van der Waals surface area (Å²) in [6, 6.07) is 9.91. The first kappa shape index (κ1) is 28.1. The van der Waals surface area contributed by atoms with Gasteiger partial charge < -0.3 is 14.5 Å². The number of benzene rings is 1. The summed E-state index contributed by atoms with van der Waals surface area (Å²) in [5, 5.41) is 2.86. The summed E-state index contributed by atoms with van der Waals surface area (Å²) >= 11 is 0. The second-order valence-corrected chi connectivity index (χ2v) is 21.3. The SMILES string of the molecule is CC1=CC(=O)N[C@]1(C(=O)O[C@@H](C)C#C[Si](C)(C)C)[C@H](Cc1ccccc1)O[Si](C)(C)C(C)(C)C. The van der Waals surface area contributed by atoms with Crippen molar-refractivity contribution >= 4 is 28.3 Å². The zero-order valence-electron chi connectivity index (χ0n) is 22.5. The minimum atomic E-state index is -2.32. The van der Waals surface area contributed by atoms with Crippen LogP contribution in [0.3, 0.4) is 0 Å². The molecule has 0 aromatic heterocycles. The van der Waals surface area contributed by atoms with E-state index in [4.69, 9.17) is 9.16 Å². The Morgan fingerprint density at radius 3 is 2.18 bits per heavy atom. The first-order chi connectivity index (χ1) is 15.5. The molecule has 1 aliphatic rings. The number of hydrogen-bond donors (Lipinski definition) is 1. The number of carbonyl (C=O) groups is 2. The molecule has 2 rings (SSSR count). The van der Waals surface area contributed by atoms with Gasteiger partial charge in [-0.15, -0.1) is 5.54 Å². The van der Waals surface area contributed by atoms with Crippen LogP contribution < -0.4 is 5.32 Å². The van der Waals surface area contributed by atoms with Gasteiger partial charge in [0.1, 0.15) is 8.07 Å². The van der Waals surface area contributed by atoms with Gasteiger partial charge in [0.25, 0.3) is 0 Å². The van der Waals surface area contributed by atoms with Gasteiger partial charge in [0.2, 0.25) is 5.91 Å². The Morgan fingerprint density at radius 1 is 1.12 bits per heavy atom. The van der Waals surface area contributed by atoms with Crippen LogP contribution in [-0.2, 0) is 25.2 Å². The maximum absolute atomic E-state index is 13.8. The lowest BCUT2D eigenvalue weighted by molar-refractivity contribution is -0.157. The molecule has 3 atom stereocenters. The number of nitrogens with one attached hydrogen (secondary N) is 1. The lowest BCUT2D eigenvalue weighted by Gasteiger charge is -2.45. The van der Waals surface area contributed by atoms with E-state index >= 15 is 0 Å². The molecule has 7 heteroatoms. The molecule has 0 saturated carbocycles. The second kappa shape index (κ2) is 10.2. The Labute approximate surface area is 207 Å². The predicted octanol–water partition coefficient (Wildman–Crippen LogP) is 5.25. The molecule has 0 spiro atoms. The molecule has 0 radical (unpaired) electrons. The number of amides is 1. The molecular weight excluding hydrogens is 458 g/mol. The third kappa shape index (κ3) is 6.71. The van der Waals surface area contributed by atoms with Crippen molar-refractivity contribution in [3.8, 4) is 11.5 Å². The number of carbonyl (C=O) groups excluding carboxylic acids is 2. The van der Waals surface area contributed by atoms with E-state index < -0.39 is 40.1 Å². The van der Waals surface area contributed by atoms with Gasteiger partial charge in [-0.2, -0.15) is 0 Å². The van der Waals surface area contributed by atoms with Crippen LogP contribution in [0.1, 0.15) is 40.2 Å². The summed E-state index contributed by atoms with van der Waals surface area (Å²) in [5.41, 5.74) is 3.49. The zero-order chi connectivity index (χ0) is 25.9. The van der Waals surface area contributed by atoms with Gasteiger partial charge in [-0.3, -0.25) is 4.79 Å². The molecule has 1 amide bonds. The van der Waals surface area contributed by atoms with Crippen LogP contribution >= 0.6 is 0 Å². The highest BCUT2D eigenvalue weighted by atomic mass is 28.4. The van der Waals surface area contributed by atoms with Crippen LogP contribution in [0, 0.1) is 11.5 Å². The van der Waals surface area contributed by atoms with Gasteiger partial charge >= 0.3 is 5.97 Å². The average molecular weight is 500 g/mol. The third-order valence-corrected chi connectivity index (χ3v) is 11.9. The standard InChI is InChI=1S/C27H41NO4Si2/c1-20-18-24(29)28-27(20,25(30)31-21(2)16-17-33(6,7)8)23(19-22-14-12-11-13-15-22)32-34(9,10)26(3,4)5/h11-15,18,21,23H,19H2,1-10H3,(H,28,29)/t21-,23-,27-/m0/s1. The Kier molecular flexibility index (Phi) is 8.45. The average Bonchev–Trinajstić information content (AvgIpc) is 3.00. The maximum Gasteiger partial charge on any atom is 0.340 e. The fraction of sp³-hybridized carbons (Fsp3) is 0.556. The van der Waals surface area contributed by atoms with Crippen molar-refractivity contribution in [2.24, 2.45) is 0 Å². The van der Waals surface area contributed by atoms with E-state index in [9.17, 15) is 9.59 Å². The van der Waals surface area contributed by atoms with E-state index in [-0.39, 0.29) is 10.9 Å². The highest BCUT2D eigenvalue weighted by Crippen LogP contribution is 2.41. The van der Waals surface area contributed by atoms with Crippen molar-refractivity contribution in [1.82, 2.24) is 5.32 Å². The van der Waals surface area contributed by atoms with Crippen molar-refractivity contribution in [2.75, 3.05) is 0 Å². The van der Waals surface area contributed by atoms with Gasteiger partial charge in [0, 0.05) is 12.5 Å². The van der Waals surface area contributed by atoms with Gasteiger partial charge in [-0.1, -0.05) is 76.7 Å². The fourth-order valence-corrected chi connectivity index (χ4v) is 5.52. The largest absolute Gasteiger partial charge is 0.447 e. The monoisotopic (exact) mass is 499 g/mol. The fourth-order valence-electron chi connectivity index (χ4n) is 3.56. The summed E-state index contributed by atoms with van der Waals surface area (Å²) < 4.78 is 12.7. The Bertz CT molecular complexity index is 993. The quantitative estimate of drug-likeness (QED) is 0.316. The molecule has 1 aromatic carbocycles. The number of esters is 1. The predicted molar refractivity (Wildman–Crippen MR) is 144 cm³/mol. The van der Waals surface area contributed by atoms with E-state index in [2.05, 4.69) is 70.3 Å². The summed E-state index contributed by atoms with van der Waals surface area (Å²) in [7, 11) is -3.95. The van der Waals surface area contributed by atoms with E-state index in [1.54, 1.807) is 13.8 Å². The van der Waals surface area contributed by atoms with Crippen LogP contribution in [0.5, 0.6) is 0 Å². The molecule has 0 bridgehead atoms. The molecular formula is C27H41NO4Si2. The van der Waals surface area contributed by atoms with Crippen molar-refractivity contribution < 1.29 is 18.8 Å². The number of hydrogen-bond acceptors (Lipinski definition) is 4. The summed E-state index contributed by atoms with van der Waals surface area (Å²) in [5.74, 6) is 2.25. The molecule has 1 aromatic rings. The van der Waals surface area contributed by atoms with E-state index in [1.807, 2.05) is 30.3 Å². The minimum absolute atomic E-state index is 0.0800. The molecule has 5 nitrogen and oxygen atoms in total. The minimum Gasteiger partial charge on any atom is -0.447 e. The van der Waals surface area contributed by atoms with Crippen molar-refractivity contribution in [2.45, 2.75) is 96.6 Å². The van der Waals surface area contributed by atoms with Crippen LogP contribution in [0.4, 0.5) is 0 Å². The van der Waals surface area contributed by atoms with Crippen molar-refractivity contribution in [3.05, 3.63) is 47.5 Å². The smallest absolute Gasteiger partial charge is 0.340 e. The lowest BCUT2D eigenvalue weighted by atomic mass is 9.83. The Morgan fingerprint density at radius 2 is 1.71 bits per heavy atom. The van der Waals surface area contributed by atoms with Gasteiger partial charge in [-0.05, 0) is 43.1 Å². The van der Waals surface area contributed by atoms with Crippen LogP contribution in [0.25, 0.3) is 0 Å². The summed E-state index contributed by atoms with van der Waals surface area (Å²) in [6.45, 7) is 20.8. The highest BCUT2D eigenvalue weighted by Gasteiger charge is 2.56. The Hall–Kier alpha value is -2.15. The van der Waals surface area contributed by atoms with Gasteiger partial charge in [0.05, 0.1) is 6.10 Å². The van der Waals surface area contributed by atoms with Crippen molar-refractivity contribution in [1.29, 1.82) is 0 Å². The first-order valence-electron chi connectivity index (χ1n) is 11.9. The maximum atomic E-state index is 13.8. The second-order valence-electron chi connectivity index (χ2n) is 11.7. The first-order valence-corrected chi connectivity index (χ1v) is 18.4. The molecule has 0 saturated heterocycles. The molecule has 1 heterocycles. The van der Waals surface area contributed by atoms with Crippen LogP contribution in [0.2, 0.25) is 37.8 Å². The molecule has 34 heavy (non-hydrogen) atoms. The van der Waals surface area contributed by atoms with Crippen LogP contribution in [0.15, 0.2) is 42.0 Å². The zero-order valence-corrected chi connectivity index (χ0v) is 24.5. The van der Waals surface area contributed by atoms with Gasteiger partial charge in [-0.25, -0.2) is 4.79 Å². The molecule has 1 aliphatic heterocycles. The molecule has 0 unspecified atom stereocenters. The van der Waals surface area contributed by atoms with Crippen molar-refractivity contribution in [3.63, 3.8) is 0 Å². The van der Waals surface area contributed by atoms with E-state index in [0.717, 1.165) is 5.56 Å². The molecule has 0 fully saturated rings. The molecule has 186 valence electrons. The normalized spacial score (nSPS) is 20.5. The van der Waals surface area contributed by atoms with Crippen LogP contribution in [-0.4, -0.2) is 46.0 Å². The molecule has 0 aliphatic carbocycles. The topological polar surface area (TPSA) is 64.6 Å². The van der Waals surface area contributed by atoms with E-state index in [0.29, 0.717) is 12.0 Å². The lowest BCUT2D eigenvalue weighted by Crippen LogP contribution is -2.64. The number of rotatable bonds is 7. The van der Waals surface area contributed by atoms with E-state index in [1.165, 1.54) is 6.08 Å². The Balaban J connectivity index is 2.54. The van der Waals surface area contributed by atoms with Gasteiger partial charge in [0.15, 0.2) is 20.0 Å². The summed E-state index contributed by atoms with van der Waals surface area (Å²) in [6.07, 6.45) is 0.727. The highest BCUT2D eigenvalue weighted by molar-refractivity contribution is 6.83. The molecule has 1 N–H and O–H groups in total. The summed E-state index contributed by atoms with van der Waals surface area (Å²) in [4.78, 5) is 26.4.